The first-order valence-corrected chi connectivity index (χ1v) is 8.99. The second kappa shape index (κ2) is 8.98. The van der Waals surface area contributed by atoms with Crippen LogP contribution in [-0.4, -0.2) is 46.0 Å². The van der Waals surface area contributed by atoms with Crippen LogP contribution in [0.15, 0.2) is 34.9 Å². The van der Waals surface area contributed by atoms with Gasteiger partial charge < -0.3 is 25.8 Å². The minimum absolute atomic E-state index is 0.00337. The van der Waals surface area contributed by atoms with Gasteiger partial charge in [0.25, 0.3) is 11.7 Å². The van der Waals surface area contributed by atoms with Gasteiger partial charge in [0.15, 0.2) is 0 Å². The summed E-state index contributed by atoms with van der Waals surface area (Å²) < 4.78 is 4.83. The predicted molar refractivity (Wildman–Crippen MR) is 97.6 cm³/mol. The Hall–Kier alpha value is -3.43. The third-order valence-corrected chi connectivity index (χ3v) is 4.54. The molecule has 0 bridgehead atoms. The summed E-state index contributed by atoms with van der Waals surface area (Å²) in [6.07, 6.45) is 1.20. The number of amides is 4. The zero-order valence-corrected chi connectivity index (χ0v) is 15.3. The van der Waals surface area contributed by atoms with Gasteiger partial charge in [0, 0.05) is 25.6 Å². The Bertz CT molecular complexity index is 830. The zero-order chi connectivity index (χ0) is 19.9. The molecule has 1 aliphatic rings. The summed E-state index contributed by atoms with van der Waals surface area (Å²) in [5.41, 5.74) is 6.09. The maximum Gasteiger partial charge on any atom is 0.317 e. The van der Waals surface area contributed by atoms with Crippen molar-refractivity contribution >= 4 is 17.8 Å². The van der Waals surface area contributed by atoms with E-state index in [1.54, 1.807) is 4.90 Å². The van der Waals surface area contributed by atoms with Crippen LogP contribution in [-0.2, 0) is 17.9 Å². The van der Waals surface area contributed by atoms with Crippen molar-refractivity contribution in [2.45, 2.75) is 25.9 Å². The summed E-state index contributed by atoms with van der Waals surface area (Å²) in [5, 5.41) is 9.00. The van der Waals surface area contributed by atoms with Gasteiger partial charge >= 0.3 is 6.03 Å². The lowest BCUT2D eigenvalue weighted by Crippen LogP contribution is -2.46. The van der Waals surface area contributed by atoms with Gasteiger partial charge in [-0.3, -0.25) is 9.59 Å². The van der Waals surface area contributed by atoms with E-state index in [0.29, 0.717) is 32.5 Å². The highest BCUT2D eigenvalue weighted by atomic mass is 16.5. The molecule has 2 aromatic rings. The number of likely N-dealkylation sites (tertiary alicyclic amines) is 1. The largest absolute Gasteiger partial charge is 0.363 e. The summed E-state index contributed by atoms with van der Waals surface area (Å²) >= 11 is 0. The number of benzene rings is 1. The fourth-order valence-corrected chi connectivity index (χ4v) is 2.96. The molecule has 148 valence electrons. The number of urea groups is 1. The number of aromatic nitrogens is 2. The predicted octanol–water partition coefficient (Wildman–Crippen LogP) is 0.407. The lowest BCUT2D eigenvalue weighted by Gasteiger charge is -2.31. The van der Waals surface area contributed by atoms with Crippen molar-refractivity contribution in [2.75, 3.05) is 13.1 Å². The average molecular weight is 386 g/mol. The van der Waals surface area contributed by atoms with Crippen LogP contribution >= 0.6 is 0 Å². The van der Waals surface area contributed by atoms with Gasteiger partial charge in [-0.25, -0.2) is 4.79 Å². The van der Waals surface area contributed by atoms with Crippen molar-refractivity contribution in [3.8, 4) is 0 Å². The number of nitrogens with one attached hydrogen (secondary N) is 2. The number of carbonyl (C=O) groups excluding carboxylic acids is 3. The third kappa shape index (κ3) is 5.06. The minimum atomic E-state index is -0.797. The second-order valence-electron chi connectivity index (χ2n) is 6.50. The van der Waals surface area contributed by atoms with Crippen molar-refractivity contribution in [1.82, 2.24) is 25.7 Å². The maximum absolute atomic E-state index is 12.3. The topological polar surface area (TPSA) is 143 Å². The van der Waals surface area contributed by atoms with Crippen molar-refractivity contribution in [3.63, 3.8) is 0 Å². The van der Waals surface area contributed by atoms with Crippen LogP contribution < -0.4 is 16.4 Å². The molecule has 3 rings (SSSR count). The summed E-state index contributed by atoms with van der Waals surface area (Å²) in [6, 6.07) is 9.43. The summed E-state index contributed by atoms with van der Waals surface area (Å²) in [7, 11) is 0. The summed E-state index contributed by atoms with van der Waals surface area (Å²) in [4.78, 5) is 40.9. The Morgan fingerprint density at radius 2 is 1.82 bits per heavy atom. The first-order valence-electron chi connectivity index (χ1n) is 8.99. The van der Waals surface area contributed by atoms with E-state index in [1.807, 2.05) is 30.3 Å². The van der Waals surface area contributed by atoms with Crippen molar-refractivity contribution < 1.29 is 18.9 Å². The van der Waals surface area contributed by atoms with E-state index < -0.39 is 5.91 Å². The molecule has 1 fully saturated rings. The molecule has 10 nitrogen and oxygen atoms in total. The number of nitrogens with zero attached hydrogens (tertiary/aromatic N) is 3. The Morgan fingerprint density at radius 1 is 1.11 bits per heavy atom. The molecule has 1 aliphatic heterocycles. The highest BCUT2D eigenvalue weighted by Gasteiger charge is 2.27. The van der Waals surface area contributed by atoms with Crippen LogP contribution in [0.1, 0.15) is 34.9 Å². The van der Waals surface area contributed by atoms with Crippen LogP contribution in [0.2, 0.25) is 0 Å². The van der Waals surface area contributed by atoms with E-state index in [4.69, 9.17) is 10.3 Å². The quantitative estimate of drug-likeness (QED) is 0.656. The molecule has 0 unspecified atom stereocenters. The van der Waals surface area contributed by atoms with E-state index in [9.17, 15) is 14.4 Å². The molecule has 28 heavy (non-hydrogen) atoms. The molecule has 4 N–H and O–H groups in total. The van der Waals surface area contributed by atoms with E-state index in [-0.39, 0.29) is 36.1 Å². The molecule has 4 amide bonds. The monoisotopic (exact) mass is 386 g/mol. The van der Waals surface area contributed by atoms with Gasteiger partial charge in [0.05, 0.1) is 6.54 Å². The SMILES string of the molecule is NC(=O)c1noc(CNC(=O)N2CCC(C(=O)NCc3ccccc3)CC2)n1. The highest BCUT2D eigenvalue weighted by Crippen LogP contribution is 2.17. The van der Waals surface area contributed by atoms with Crippen LogP contribution in [0.25, 0.3) is 0 Å². The van der Waals surface area contributed by atoms with Gasteiger partial charge in [-0.15, -0.1) is 0 Å². The molecule has 0 radical (unpaired) electrons. The molecule has 0 spiro atoms. The number of rotatable bonds is 6. The van der Waals surface area contributed by atoms with Crippen LogP contribution in [0.4, 0.5) is 4.79 Å². The fraction of sp³-hybridized carbons (Fsp3) is 0.389. The van der Waals surface area contributed by atoms with Crippen molar-refractivity contribution in [3.05, 3.63) is 47.6 Å². The van der Waals surface area contributed by atoms with Gasteiger partial charge in [0.1, 0.15) is 0 Å². The molecule has 1 aromatic heterocycles. The summed E-state index contributed by atoms with van der Waals surface area (Å²) in [6.45, 7) is 1.45. The van der Waals surface area contributed by atoms with Gasteiger partial charge in [-0.2, -0.15) is 4.98 Å². The average Bonchev–Trinajstić information content (AvgIpc) is 3.20. The maximum atomic E-state index is 12.3. The Kier molecular flexibility index (Phi) is 6.20. The molecule has 10 heteroatoms. The van der Waals surface area contributed by atoms with Gasteiger partial charge in [0.2, 0.25) is 11.8 Å². The Morgan fingerprint density at radius 3 is 2.46 bits per heavy atom. The van der Waals surface area contributed by atoms with E-state index in [2.05, 4.69) is 20.8 Å². The first-order chi connectivity index (χ1) is 13.5. The van der Waals surface area contributed by atoms with Crippen LogP contribution in [0, 0.1) is 5.92 Å². The lowest BCUT2D eigenvalue weighted by atomic mass is 9.96. The third-order valence-electron chi connectivity index (χ3n) is 4.54. The molecular weight excluding hydrogens is 364 g/mol. The number of nitrogens with two attached hydrogens (primary N) is 1. The number of piperidine rings is 1. The Balaban J connectivity index is 1.39. The first kappa shape index (κ1) is 19.3. The molecule has 0 saturated carbocycles. The lowest BCUT2D eigenvalue weighted by molar-refractivity contribution is -0.126. The molecular formula is C18H22N6O4. The van der Waals surface area contributed by atoms with Gasteiger partial charge in [-0.1, -0.05) is 35.5 Å². The normalized spacial score (nSPS) is 14.5. The van der Waals surface area contributed by atoms with E-state index >= 15 is 0 Å². The zero-order valence-electron chi connectivity index (χ0n) is 15.3. The van der Waals surface area contributed by atoms with Crippen molar-refractivity contribution in [2.24, 2.45) is 11.7 Å². The van der Waals surface area contributed by atoms with E-state index in [0.717, 1.165) is 5.56 Å². The number of carbonyl (C=O) groups is 3. The standard InChI is InChI=1S/C18H22N6O4/c19-15(25)16-22-14(28-23-16)11-21-18(27)24-8-6-13(7-9-24)17(26)20-10-12-4-2-1-3-5-12/h1-5,13H,6-11H2,(H2,19,25)(H,20,26)(H,21,27). The van der Waals surface area contributed by atoms with Crippen LogP contribution in [0.5, 0.6) is 0 Å². The van der Waals surface area contributed by atoms with Crippen LogP contribution in [0.3, 0.4) is 0 Å². The number of hydrogen-bond acceptors (Lipinski definition) is 6. The van der Waals surface area contributed by atoms with E-state index in [1.165, 1.54) is 0 Å². The second-order valence-corrected chi connectivity index (χ2v) is 6.50. The molecule has 0 aliphatic carbocycles. The molecule has 0 atom stereocenters. The van der Waals surface area contributed by atoms with Crippen molar-refractivity contribution in [1.29, 1.82) is 0 Å². The minimum Gasteiger partial charge on any atom is -0.363 e. The molecule has 1 saturated heterocycles. The molecule has 2 heterocycles. The highest BCUT2D eigenvalue weighted by molar-refractivity contribution is 5.88. The molecule has 1 aromatic carbocycles. The fourth-order valence-electron chi connectivity index (χ4n) is 2.96. The smallest absolute Gasteiger partial charge is 0.317 e. The summed E-state index contributed by atoms with van der Waals surface area (Å²) in [5.74, 6) is -1.03. The number of hydrogen-bond donors (Lipinski definition) is 3. The Labute approximate surface area is 161 Å². The number of primary amides is 1. The van der Waals surface area contributed by atoms with Gasteiger partial charge in [-0.05, 0) is 18.4 Å².